The summed E-state index contributed by atoms with van der Waals surface area (Å²) in [5, 5.41) is 1.23. The van der Waals surface area contributed by atoms with Crippen molar-refractivity contribution >= 4 is 11.9 Å². The molecule has 7 nitrogen and oxygen atoms in total. The van der Waals surface area contributed by atoms with E-state index in [0.717, 1.165) is 6.42 Å². The summed E-state index contributed by atoms with van der Waals surface area (Å²) in [5.74, 6) is -1.79. The van der Waals surface area contributed by atoms with Crippen LogP contribution in [0.3, 0.4) is 0 Å². The first-order chi connectivity index (χ1) is 8.19. The van der Waals surface area contributed by atoms with Crippen molar-refractivity contribution in [3.8, 4) is 0 Å². The SMILES string of the molecule is COC(=O)[C@@H]1[C@H]2CCCON2O[C@H]1C(=O)OC. The van der Waals surface area contributed by atoms with Crippen molar-refractivity contribution in [2.24, 2.45) is 5.92 Å². The summed E-state index contributed by atoms with van der Waals surface area (Å²) in [6.07, 6.45) is 0.537. The van der Waals surface area contributed by atoms with Crippen LogP contribution in [0.15, 0.2) is 0 Å². The van der Waals surface area contributed by atoms with E-state index < -0.39 is 24.0 Å². The molecule has 96 valence electrons. The zero-order valence-electron chi connectivity index (χ0n) is 9.75. The minimum absolute atomic E-state index is 0.291. The van der Waals surface area contributed by atoms with Crippen LogP contribution < -0.4 is 0 Å². The second-order valence-corrected chi connectivity index (χ2v) is 3.93. The number of hydrogen-bond acceptors (Lipinski definition) is 7. The number of hydroxylamine groups is 2. The van der Waals surface area contributed by atoms with Gasteiger partial charge in [-0.1, -0.05) is 5.23 Å². The first-order valence-corrected chi connectivity index (χ1v) is 5.43. The molecule has 0 unspecified atom stereocenters. The summed E-state index contributed by atoms with van der Waals surface area (Å²) in [6, 6.07) is -0.291. The van der Waals surface area contributed by atoms with Gasteiger partial charge in [0.2, 0.25) is 0 Å². The second-order valence-electron chi connectivity index (χ2n) is 3.93. The van der Waals surface area contributed by atoms with Crippen LogP contribution in [0.2, 0.25) is 0 Å². The number of fused-ring (bicyclic) bond motifs is 1. The van der Waals surface area contributed by atoms with E-state index in [-0.39, 0.29) is 6.04 Å². The predicted octanol–water partition coefficient (Wildman–Crippen LogP) is -0.342. The van der Waals surface area contributed by atoms with Crippen molar-refractivity contribution in [1.82, 2.24) is 5.23 Å². The van der Waals surface area contributed by atoms with E-state index in [4.69, 9.17) is 14.4 Å². The van der Waals surface area contributed by atoms with Gasteiger partial charge in [-0.25, -0.2) is 4.79 Å². The van der Waals surface area contributed by atoms with Crippen LogP contribution in [-0.2, 0) is 28.7 Å². The summed E-state index contributed by atoms with van der Waals surface area (Å²) in [4.78, 5) is 33.8. The molecule has 2 saturated heterocycles. The average molecular weight is 245 g/mol. The number of esters is 2. The number of ether oxygens (including phenoxy) is 2. The molecule has 0 aromatic rings. The smallest absolute Gasteiger partial charge is 0.338 e. The molecule has 0 aliphatic carbocycles. The average Bonchev–Trinajstić information content (AvgIpc) is 2.76. The number of carbonyl (C=O) groups is 2. The molecule has 0 N–H and O–H groups in total. The quantitative estimate of drug-likeness (QED) is 0.616. The monoisotopic (exact) mass is 245 g/mol. The van der Waals surface area contributed by atoms with Crippen molar-refractivity contribution in [3.63, 3.8) is 0 Å². The van der Waals surface area contributed by atoms with E-state index in [1.165, 1.54) is 19.4 Å². The molecule has 2 heterocycles. The van der Waals surface area contributed by atoms with Crippen LogP contribution in [0, 0.1) is 5.92 Å². The summed E-state index contributed by atoms with van der Waals surface area (Å²) in [5.41, 5.74) is 0. The Labute approximate surface area is 98.5 Å². The van der Waals surface area contributed by atoms with E-state index in [9.17, 15) is 9.59 Å². The normalized spacial score (nSPS) is 32.9. The lowest BCUT2D eigenvalue weighted by Crippen LogP contribution is -2.41. The van der Waals surface area contributed by atoms with E-state index in [2.05, 4.69) is 4.74 Å². The number of nitrogens with zero attached hydrogens (tertiary/aromatic N) is 1. The first kappa shape index (κ1) is 12.3. The van der Waals surface area contributed by atoms with Crippen molar-refractivity contribution in [2.75, 3.05) is 20.8 Å². The molecule has 17 heavy (non-hydrogen) atoms. The van der Waals surface area contributed by atoms with Crippen LogP contribution in [0.4, 0.5) is 0 Å². The van der Waals surface area contributed by atoms with Gasteiger partial charge in [0.25, 0.3) is 0 Å². The molecule has 2 rings (SSSR count). The number of methoxy groups -OCH3 is 2. The Balaban J connectivity index is 2.20. The summed E-state index contributed by atoms with van der Waals surface area (Å²) in [7, 11) is 2.53. The zero-order valence-corrected chi connectivity index (χ0v) is 9.75. The number of rotatable bonds is 2. The molecule has 0 aromatic carbocycles. The molecular formula is C10H15NO6. The van der Waals surface area contributed by atoms with Crippen LogP contribution in [-0.4, -0.2) is 50.1 Å². The zero-order chi connectivity index (χ0) is 12.4. The van der Waals surface area contributed by atoms with Gasteiger partial charge in [-0.15, -0.1) is 0 Å². The van der Waals surface area contributed by atoms with Crippen molar-refractivity contribution in [3.05, 3.63) is 0 Å². The van der Waals surface area contributed by atoms with E-state index in [1.54, 1.807) is 0 Å². The van der Waals surface area contributed by atoms with Crippen molar-refractivity contribution < 1.29 is 28.7 Å². The van der Waals surface area contributed by atoms with E-state index in [1.807, 2.05) is 0 Å². The minimum Gasteiger partial charge on any atom is -0.469 e. The van der Waals surface area contributed by atoms with Gasteiger partial charge in [-0.3, -0.25) is 14.5 Å². The van der Waals surface area contributed by atoms with Gasteiger partial charge < -0.3 is 9.47 Å². The third-order valence-electron chi connectivity index (χ3n) is 3.00. The Bertz CT molecular complexity index is 320. The third kappa shape index (κ3) is 2.13. The van der Waals surface area contributed by atoms with Crippen LogP contribution >= 0.6 is 0 Å². The number of carbonyl (C=O) groups excluding carboxylic acids is 2. The third-order valence-corrected chi connectivity index (χ3v) is 3.00. The molecule has 2 aliphatic heterocycles. The van der Waals surface area contributed by atoms with Crippen molar-refractivity contribution in [1.29, 1.82) is 0 Å². The highest BCUT2D eigenvalue weighted by Crippen LogP contribution is 2.34. The van der Waals surface area contributed by atoms with Crippen LogP contribution in [0.25, 0.3) is 0 Å². The molecule has 7 heteroatoms. The predicted molar refractivity (Wildman–Crippen MR) is 53.2 cm³/mol. The first-order valence-electron chi connectivity index (χ1n) is 5.43. The summed E-state index contributed by atoms with van der Waals surface area (Å²) in [6.45, 7) is 0.512. The van der Waals surface area contributed by atoms with E-state index >= 15 is 0 Å². The fourth-order valence-corrected chi connectivity index (χ4v) is 2.17. The van der Waals surface area contributed by atoms with Gasteiger partial charge in [0.05, 0.1) is 26.9 Å². The molecule has 0 radical (unpaired) electrons. The largest absolute Gasteiger partial charge is 0.469 e. The van der Waals surface area contributed by atoms with Crippen LogP contribution in [0.1, 0.15) is 12.8 Å². The molecular weight excluding hydrogens is 230 g/mol. The Hall–Kier alpha value is -1.18. The molecule has 0 amide bonds. The molecule has 2 aliphatic rings. The standard InChI is InChI=1S/C10H15NO6/c1-14-9(12)7-6-4-3-5-16-11(6)17-8(7)10(13)15-2/h6-8H,3-5H2,1-2H3/t6-,7-,8-/m1/s1. The molecule has 2 fully saturated rings. The van der Waals surface area contributed by atoms with E-state index in [0.29, 0.717) is 13.0 Å². The van der Waals surface area contributed by atoms with Crippen LogP contribution in [0.5, 0.6) is 0 Å². The van der Waals surface area contributed by atoms with Gasteiger partial charge in [-0.05, 0) is 12.8 Å². The highest BCUT2D eigenvalue weighted by molar-refractivity contribution is 5.84. The molecule has 0 saturated carbocycles. The lowest BCUT2D eigenvalue weighted by Gasteiger charge is -2.27. The maximum Gasteiger partial charge on any atom is 0.338 e. The van der Waals surface area contributed by atoms with Gasteiger partial charge in [-0.2, -0.15) is 0 Å². The van der Waals surface area contributed by atoms with Gasteiger partial charge in [0.15, 0.2) is 6.10 Å². The Morgan fingerprint density at radius 1 is 1.24 bits per heavy atom. The lowest BCUT2D eigenvalue weighted by atomic mass is 9.91. The second kappa shape index (κ2) is 4.99. The fourth-order valence-electron chi connectivity index (χ4n) is 2.17. The molecule has 0 bridgehead atoms. The molecule has 0 aromatic heterocycles. The Morgan fingerprint density at radius 2 is 1.94 bits per heavy atom. The Kier molecular flexibility index (Phi) is 3.60. The topological polar surface area (TPSA) is 74.3 Å². The van der Waals surface area contributed by atoms with Crippen molar-refractivity contribution in [2.45, 2.75) is 25.0 Å². The Morgan fingerprint density at radius 3 is 2.59 bits per heavy atom. The van der Waals surface area contributed by atoms with Gasteiger partial charge in [0.1, 0.15) is 5.92 Å². The summed E-state index contributed by atoms with van der Waals surface area (Å²) >= 11 is 0. The van der Waals surface area contributed by atoms with Gasteiger partial charge in [0, 0.05) is 0 Å². The van der Waals surface area contributed by atoms with Gasteiger partial charge >= 0.3 is 11.9 Å². The highest BCUT2D eigenvalue weighted by atomic mass is 17.0. The summed E-state index contributed by atoms with van der Waals surface area (Å²) < 4.78 is 9.31. The highest BCUT2D eigenvalue weighted by Gasteiger charge is 2.53. The number of hydrogen-bond donors (Lipinski definition) is 0. The molecule has 0 spiro atoms. The minimum atomic E-state index is -0.990. The molecule has 3 atom stereocenters. The fraction of sp³-hybridized carbons (Fsp3) is 0.800. The maximum atomic E-state index is 11.7. The lowest BCUT2D eigenvalue weighted by molar-refractivity contribution is -0.379. The maximum absolute atomic E-state index is 11.7.